The standard InChI is InChI=1S/C14H24N4/c1-17-6-4-13(10-17)11-18(2)9-12-3-5-16-14(7-12)8-15/h3,5,7,13H,4,6,8-11,15H2,1-2H3. The Hall–Kier alpha value is -0.970. The lowest BCUT2D eigenvalue weighted by Gasteiger charge is -2.21. The predicted octanol–water partition coefficient (Wildman–Crippen LogP) is 0.924. The minimum Gasteiger partial charge on any atom is -0.325 e. The Morgan fingerprint density at radius 2 is 2.39 bits per heavy atom. The smallest absolute Gasteiger partial charge is 0.0542 e. The molecule has 4 heteroatoms. The van der Waals surface area contributed by atoms with E-state index in [9.17, 15) is 0 Å². The minimum absolute atomic E-state index is 0.519. The van der Waals surface area contributed by atoms with Gasteiger partial charge in [-0.1, -0.05) is 0 Å². The van der Waals surface area contributed by atoms with Crippen molar-refractivity contribution in [2.45, 2.75) is 19.5 Å². The maximum atomic E-state index is 5.62. The lowest BCUT2D eigenvalue weighted by molar-refractivity contribution is 0.267. The third-order valence-electron chi connectivity index (χ3n) is 3.60. The summed E-state index contributed by atoms with van der Waals surface area (Å²) in [5.41, 5.74) is 7.89. The van der Waals surface area contributed by atoms with Crippen molar-refractivity contribution in [2.24, 2.45) is 11.7 Å². The molecule has 1 fully saturated rings. The molecule has 1 unspecified atom stereocenters. The van der Waals surface area contributed by atoms with E-state index in [0.717, 1.165) is 18.2 Å². The number of aromatic nitrogens is 1. The van der Waals surface area contributed by atoms with Crippen molar-refractivity contribution in [1.29, 1.82) is 0 Å². The van der Waals surface area contributed by atoms with Crippen molar-refractivity contribution in [3.8, 4) is 0 Å². The Balaban J connectivity index is 1.84. The molecule has 0 bridgehead atoms. The van der Waals surface area contributed by atoms with Crippen LogP contribution in [-0.2, 0) is 13.1 Å². The molecule has 2 heterocycles. The van der Waals surface area contributed by atoms with Gasteiger partial charge in [0, 0.05) is 32.4 Å². The fraction of sp³-hybridized carbons (Fsp3) is 0.643. The van der Waals surface area contributed by atoms with Gasteiger partial charge in [-0.15, -0.1) is 0 Å². The highest BCUT2D eigenvalue weighted by atomic mass is 15.1. The van der Waals surface area contributed by atoms with Gasteiger partial charge in [0.05, 0.1) is 5.69 Å². The fourth-order valence-electron chi connectivity index (χ4n) is 2.73. The van der Waals surface area contributed by atoms with Gasteiger partial charge in [0.2, 0.25) is 0 Å². The predicted molar refractivity (Wildman–Crippen MR) is 74.1 cm³/mol. The zero-order valence-electron chi connectivity index (χ0n) is 11.5. The van der Waals surface area contributed by atoms with Crippen LogP contribution in [-0.4, -0.2) is 48.5 Å². The van der Waals surface area contributed by atoms with Crippen LogP contribution in [0.3, 0.4) is 0 Å². The van der Waals surface area contributed by atoms with Crippen molar-refractivity contribution >= 4 is 0 Å². The van der Waals surface area contributed by atoms with Gasteiger partial charge in [-0.2, -0.15) is 0 Å². The quantitative estimate of drug-likeness (QED) is 0.842. The molecule has 1 aromatic heterocycles. The molecule has 100 valence electrons. The lowest BCUT2D eigenvalue weighted by atomic mass is 10.1. The molecule has 1 aliphatic rings. The average Bonchev–Trinajstić information content (AvgIpc) is 2.74. The molecule has 2 rings (SSSR count). The molecule has 0 aromatic carbocycles. The zero-order valence-corrected chi connectivity index (χ0v) is 11.5. The number of pyridine rings is 1. The van der Waals surface area contributed by atoms with Crippen LogP contribution in [0.2, 0.25) is 0 Å². The lowest BCUT2D eigenvalue weighted by Crippen LogP contribution is -2.27. The Morgan fingerprint density at radius 1 is 1.56 bits per heavy atom. The van der Waals surface area contributed by atoms with Crippen molar-refractivity contribution in [1.82, 2.24) is 14.8 Å². The largest absolute Gasteiger partial charge is 0.325 e. The first-order chi connectivity index (χ1) is 8.67. The van der Waals surface area contributed by atoms with Crippen molar-refractivity contribution in [3.05, 3.63) is 29.6 Å². The van der Waals surface area contributed by atoms with Crippen LogP contribution in [0, 0.1) is 5.92 Å². The maximum Gasteiger partial charge on any atom is 0.0542 e. The normalized spacial score (nSPS) is 20.8. The molecule has 2 N–H and O–H groups in total. The van der Waals surface area contributed by atoms with E-state index in [2.05, 4.69) is 41.0 Å². The summed E-state index contributed by atoms with van der Waals surface area (Å²) in [6, 6.07) is 4.19. The zero-order chi connectivity index (χ0) is 13.0. The number of hydrogen-bond donors (Lipinski definition) is 1. The molecule has 0 aliphatic carbocycles. The van der Waals surface area contributed by atoms with E-state index in [1.54, 1.807) is 0 Å². The summed E-state index contributed by atoms with van der Waals surface area (Å²) in [5, 5.41) is 0. The van der Waals surface area contributed by atoms with E-state index in [0.29, 0.717) is 6.54 Å². The molecule has 1 aliphatic heterocycles. The molecular weight excluding hydrogens is 224 g/mol. The molecule has 4 nitrogen and oxygen atoms in total. The van der Waals surface area contributed by atoms with Gasteiger partial charge in [0.25, 0.3) is 0 Å². The third-order valence-corrected chi connectivity index (χ3v) is 3.60. The van der Waals surface area contributed by atoms with E-state index in [-0.39, 0.29) is 0 Å². The van der Waals surface area contributed by atoms with Crippen molar-refractivity contribution in [2.75, 3.05) is 33.7 Å². The van der Waals surface area contributed by atoms with Crippen molar-refractivity contribution < 1.29 is 0 Å². The Kier molecular flexibility index (Phi) is 4.69. The molecule has 1 atom stereocenters. The summed E-state index contributed by atoms with van der Waals surface area (Å²) in [4.78, 5) is 9.04. The van der Waals surface area contributed by atoms with Gasteiger partial charge in [-0.3, -0.25) is 4.98 Å². The van der Waals surface area contributed by atoms with Gasteiger partial charge in [-0.25, -0.2) is 0 Å². The topological polar surface area (TPSA) is 45.4 Å². The fourth-order valence-corrected chi connectivity index (χ4v) is 2.73. The Morgan fingerprint density at radius 3 is 3.06 bits per heavy atom. The van der Waals surface area contributed by atoms with Gasteiger partial charge in [0.1, 0.15) is 0 Å². The van der Waals surface area contributed by atoms with Crippen LogP contribution >= 0.6 is 0 Å². The monoisotopic (exact) mass is 248 g/mol. The Bertz CT molecular complexity index is 380. The van der Waals surface area contributed by atoms with Crippen LogP contribution in [0.15, 0.2) is 18.3 Å². The maximum absolute atomic E-state index is 5.62. The highest BCUT2D eigenvalue weighted by Crippen LogP contribution is 2.16. The summed E-state index contributed by atoms with van der Waals surface area (Å²) in [6.45, 7) is 5.14. The highest BCUT2D eigenvalue weighted by Gasteiger charge is 2.20. The average molecular weight is 248 g/mol. The SMILES string of the molecule is CN1CCC(CN(C)Cc2ccnc(CN)c2)C1. The molecular formula is C14H24N4. The third kappa shape index (κ3) is 3.77. The first-order valence-electron chi connectivity index (χ1n) is 6.68. The van der Waals surface area contributed by atoms with Crippen LogP contribution in [0.1, 0.15) is 17.7 Å². The van der Waals surface area contributed by atoms with E-state index in [1.165, 1.54) is 31.6 Å². The molecule has 0 saturated carbocycles. The van der Waals surface area contributed by atoms with Crippen LogP contribution in [0.25, 0.3) is 0 Å². The molecule has 18 heavy (non-hydrogen) atoms. The Labute approximate surface area is 110 Å². The molecule has 0 radical (unpaired) electrons. The molecule has 0 amide bonds. The minimum atomic E-state index is 0.519. The van der Waals surface area contributed by atoms with E-state index >= 15 is 0 Å². The first-order valence-corrected chi connectivity index (χ1v) is 6.68. The summed E-state index contributed by atoms with van der Waals surface area (Å²) >= 11 is 0. The molecule has 0 spiro atoms. The number of nitrogens with two attached hydrogens (primary N) is 1. The summed E-state index contributed by atoms with van der Waals surface area (Å²) in [5.74, 6) is 0.816. The van der Waals surface area contributed by atoms with E-state index in [4.69, 9.17) is 5.73 Å². The second kappa shape index (κ2) is 6.27. The summed E-state index contributed by atoms with van der Waals surface area (Å²) < 4.78 is 0. The van der Waals surface area contributed by atoms with Gasteiger partial charge in [0.15, 0.2) is 0 Å². The van der Waals surface area contributed by atoms with Gasteiger partial charge in [-0.05, 0) is 50.7 Å². The number of hydrogen-bond acceptors (Lipinski definition) is 4. The second-order valence-corrected chi connectivity index (χ2v) is 5.47. The van der Waals surface area contributed by atoms with Crippen molar-refractivity contribution in [3.63, 3.8) is 0 Å². The van der Waals surface area contributed by atoms with Gasteiger partial charge >= 0.3 is 0 Å². The number of rotatable bonds is 5. The molecule has 1 saturated heterocycles. The van der Waals surface area contributed by atoms with Crippen LogP contribution < -0.4 is 5.73 Å². The van der Waals surface area contributed by atoms with E-state index in [1.807, 2.05) is 6.20 Å². The van der Waals surface area contributed by atoms with Crippen LogP contribution in [0.4, 0.5) is 0 Å². The first kappa shape index (κ1) is 13.5. The number of nitrogens with zero attached hydrogens (tertiary/aromatic N) is 3. The van der Waals surface area contributed by atoms with Crippen LogP contribution in [0.5, 0.6) is 0 Å². The molecule has 1 aromatic rings. The van der Waals surface area contributed by atoms with Gasteiger partial charge < -0.3 is 15.5 Å². The highest BCUT2D eigenvalue weighted by molar-refractivity contribution is 5.16. The van der Waals surface area contributed by atoms with E-state index < -0.39 is 0 Å². The second-order valence-electron chi connectivity index (χ2n) is 5.47. The summed E-state index contributed by atoms with van der Waals surface area (Å²) in [7, 11) is 4.40. The summed E-state index contributed by atoms with van der Waals surface area (Å²) in [6.07, 6.45) is 3.18. The number of likely N-dealkylation sites (tertiary alicyclic amines) is 1.